The molecule has 0 saturated heterocycles. The quantitative estimate of drug-likeness (QED) is 0.310. The van der Waals surface area contributed by atoms with Gasteiger partial charge in [-0.05, 0) is 31.8 Å². The van der Waals surface area contributed by atoms with Crippen molar-refractivity contribution in [3.63, 3.8) is 0 Å². The zero-order valence-electron chi connectivity index (χ0n) is 10.2. The van der Waals surface area contributed by atoms with Crippen LogP contribution >= 0.6 is 0 Å². The topological polar surface area (TPSA) is 0 Å². The van der Waals surface area contributed by atoms with Crippen molar-refractivity contribution in [1.82, 2.24) is 0 Å². The molecule has 1 radical (unpaired) electrons. The Balaban J connectivity index is 0.000000364. The Bertz CT molecular complexity index is 151. The number of hydrogen-bond donors (Lipinski definition) is 0. The molecule has 0 aromatic rings. The van der Waals surface area contributed by atoms with E-state index in [-0.39, 0.29) is 14.3 Å². The van der Waals surface area contributed by atoms with Crippen molar-refractivity contribution in [3.05, 3.63) is 17.9 Å². The Morgan fingerprint density at radius 1 is 1.29 bits per heavy atom. The van der Waals surface area contributed by atoms with Crippen LogP contribution in [0.2, 0.25) is 17.3 Å². The van der Waals surface area contributed by atoms with Gasteiger partial charge in [-0.15, -0.1) is 6.26 Å². The third-order valence-corrected chi connectivity index (χ3v) is 2.64. The molecule has 83 valence electrons. The molecule has 1 aliphatic rings. The van der Waals surface area contributed by atoms with Gasteiger partial charge in [0.1, 0.15) is 0 Å². The van der Waals surface area contributed by atoms with Gasteiger partial charge >= 0.3 is 31.6 Å². The average Bonchev–Trinajstić information content (AvgIpc) is 2.51. The summed E-state index contributed by atoms with van der Waals surface area (Å²) in [5, 5.41) is 0. The SMILES string of the molecule is [CH2-][S+](C)CC=C1CCCC1.[CH3][Ge]([CH3])[CH3]. The summed E-state index contributed by atoms with van der Waals surface area (Å²) in [4.78, 5) is 0. The molecule has 0 aliphatic heterocycles. The molecule has 0 spiro atoms. The minimum absolute atomic E-state index is 0.333. The van der Waals surface area contributed by atoms with Gasteiger partial charge in [-0.3, -0.25) is 0 Å². The molecule has 0 nitrogen and oxygen atoms in total. The standard InChI is InChI=1S/C9H16S.C3H9Ge/c1-10(2)8-7-9-5-3-4-6-9;1-4(2)3/h7H,1,3-6,8H2,2H3;1-3H3. The third-order valence-electron chi connectivity index (χ3n) is 1.90. The molecule has 0 heterocycles. The van der Waals surface area contributed by atoms with Gasteiger partial charge in [-0.1, -0.05) is 5.57 Å². The second-order valence-corrected chi connectivity index (χ2v) is 12.7. The second kappa shape index (κ2) is 8.90. The Hall–Kier alpha value is 0.633. The van der Waals surface area contributed by atoms with E-state index in [4.69, 9.17) is 0 Å². The summed E-state index contributed by atoms with van der Waals surface area (Å²) in [6.07, 6.45) is 14.1. The van der Waals surface area contributed by atoms with Crippen LogP contribution in [-0.2, 0) is 10.9 Å². The van der Waals surface area contributed by atoms with Crippen LogP contribution in [-0.4, -0.2) is 26.4 Å². The van der Waals surface area contributed by atoms with Crippen molar-refractivity contribution in [2.24, 2.45) is 0 Å². The van der Waals surface area contributed by atoms with E-state index in [0.717, 1.165) is 0 Å². The summed E-state index contributed by atoms with van der Waals surface area (Å²) < 4.78 is 0. The van der Waals surface area contributed by atoms with Crippen LogP contribution in [0.1, 0.15) is 25.7 Å². The van der Waals surface area contributed by atoms with Crippen LogP contribution in [0.5, 0.6) is 0 Å². The predicted octanol–water partition coefficient (Wildman–Crippen LogP) is 3.90. The van der Waals surface area contributed by atoms with Crippen LogP contribution in [0.15, 0.2) is 11.6 Å². The summed E-state index contributed by atoms with van der Waals surface area (Å²) >= 11 is -0.333. The van der Waals surface area contributed by atoms with Crippen molar-refractivity contribution in [3.8, 4) is 0 Å². The Morgan fingerprint density at radius 3 is 2.07 bits per heavy atom. The summed E-state index contributed by atoms with van der Waals surface area (Å²) in [6, 6.07) is 0. The van der Waals surface area contributed by atoms with Crippen LogP contribution in [0, 0.1) is 6.26 Å². The van der Waals surface area contributed by atoms with E-state index in [9.17, 15) is 0 Å². The van der Waals surface area contributed by atoms with Gasteiger partial charge in [0.25, 0.3) is 0 Å². The number of hydrogen-bond acceptors (Lipinski definition) is 0. The first-order valence-electron chi connectivity index (χ1n) is 5.39. The molecule has 0 aromatic carbocycles. The maximum absolute atomic E-state index is 3.98. The van der Waals surface area contributed by atoms with Gasteiger partial charge in [0.15, 0.2) is 0 Å². The molecule has 1 atom stereocenters. The molecule has 1 unspecified atom stereocenters. The molecule has 0 N–H and O–H groups in total. The van der Waals surface area contributed by atoms with Crippen LogP contribution in [0.25, 0.3) is 0 Å². The van der Waals surface area contributed by atoms with Gasteiger partial charge in [0.05, 0.1) is 12.0 Å². The molecule has 0 bridgehead atoms. The molecule has 0 amide bonds. The first-order chi connectivity index (χ1) is 6.52. The number of rotatable bonds is 2. The number of allylic oxidation sites excluding steroid dienone is 1. The fourth-order valence-corrected chi connectivity index (χ4v) is 1.81. The van der Waals surface area contributed by atoms with Crippen LogP contribution < -0.4 is 0 Å². The maximum atomic E-state index is 3.98. The zero-order valence-corrected chi connectivity index (χ0v) is 13.1. The molecule has 1 aliphatic carbocycles. The summed E-state index contributed by atoms with van der Waals surface area (Å²) in [6.45, 7) is 0. The summed E-state index contributed by atoms with van der Waals surface area (Å²) in [5.74, 6) is 8.20. The Kier molecular flexibility index (Phi) is 9.30. The van der Waals surface area contributed by atoms with E-state index in [0.29, 0.717) is 10.9 Å². The molecule has 1 fully saturated rings. The molecule has 2 heteroatoms. The Morgan fingerprint density at radius 2 is 1.71 bits per heavy atom. The third kappa shape index (κ3) is 10.7. The van der Waals surface area contributed by atoms with Crippen molar-refractivity contribution in [2.75, 3.05) is 12.0 Å². The van der Waals surface area contributed by atoms with Gasteiger partial charge in [-0.2, -0.15) is 10.9 Å². The fraction of sp³-hybridized carbons (Fsp3) is 0.750. The first kappa shape index (κ1) is 14.6. The monoisotopic (exact) mass is 275 g/mol. The van der Waals surface area contributed by atoms with Crippen molar-refractivity contribution in [2.45, 2.75) is 43.0 Å². The molecule has 1 saturated carbocycles. The van der Waals surface area contributed by atoms with Gasteiger partial charge in [-0.25, -0.2) is 0 Å². The zero-order chi connectivity index (χ0) is 11.0. The van der Waals surface area contributed by atoms with Gasteiger partial charge in [0.2, 0.25) is 0 Å². The predicted molar refractivity (Wildman–Crippen MR) is 73.4 cm³/mol. The van der Waals surface area contributed by atoms with Crippen molar-refractivity contribution < 1.29 is 0 Å². The van der Waals surface area contributed by atoms with E-state index in [1.807, 2.05) is 0 Å². The molecule has 14 heavy (non-hydrogen) atoms. The van der Waals surface area contributed by atoms with Gasteiger partial charge in [0, 0.05) is 0 Å². The minimum atomic E-state index is -0.333. The molecule has 0 aromatic heterocycles. The van der Waals surface area contributed by atoms with E-state index in [2.05, 4.69) is 35.9 Å². The molecular formula is C12H25GeS. The van der Waals surface area contributed by atoms with Crippen molar-refractivity contribution in [1.29, 1.82) is 0 Å². The van der Waals surface area contributed by atoms with Gasteiger partial charge < -0.3 is 0 Å². The van der Waals surface area contributed by atoms with E-state index >= 15 is 0 Å². The molecular weight excluding hydrogens is 249 g/mol. The Labute approximate surface area is 98.0 Å². The fourth-order valence-electron chi connectivity index (χ4n) is 1.29. The van der Waals surface area contributed by atoms with E-state index < -0.39 is 0 Å². The first-order valence-corrected chi connectivity index (χ1v) is 13.7. The summed E-state index contributed by atoms with van der Waals surface area (Å²) in [5.41, 5.74) is 1.68. The average molecular weight is 274 g/mol. The van der Waals surface area contributed by atoms with Crippen LogP contribution in [0.3, 0.4) is 0 Å². The summed E-state index contributed by atoms with van der Waals surface area (Å²) in [7, 11) is 0.362. The van der Waals surface area contributed by atoms with E-state index in [1.54, 1.807) is 5.57 Å². The normalized spacial score (nSPS) is 17.7. The van der Waals surface area contributed by atoms with Crippen molar-refractivity contribution >= 4 is 25.2 Å². The molecule has 1 rings (SSSR count). The second-order valence-electron chi connectivity index (χ2n) is 4.52. The van der Waals surface area contributed by atoms with E-state index in [1.165, 1.54) is 31.4 Å². The van der Waals surface area contributed by atoms with Crippen LogP contribution in [0.4, 0.5) is 0 Å².